The van der Waals surface area contributed by atoms with Gasteiger partial charge in [-0.2, -0.15) is 0 Å². The molecule has 0 unspecified atom stereocenters. The molecule has 0 aromatic heterocycles. The number of amides is 1. The zero-order chi connectivity index (χ0) is 23.9. The second-order valence-corrected chi connectivity index (χ2v) is 9.17. The molecule has 178 valence electrons. The van der Waals surface area contributed by atoms with Crippen molar-refractivity contribution in [1.29, 1.82) is 0 Å². The van der Waals surface area contributed by atoms with Crippen LogP contribution in [0.1, 0.15) is 35.7 Å². The third kappa shape index (κ3) is 5.91. The summed E-state index contributed by atoms with van der Waals surface area (Å²) < 4.78 is 0. The van der Waals surface area contributed by atoms with Crippen LogP contribution in [0.5, 0.6) is 0 Å². The van der Waals surface area contributed by atoms with Crippen molar-refractivity contribution in [3.05, 3.63) is 82.9 Å². The molecule has 0 spiro atoms. The molecule has 0 aliphatic carbocycles. The molecule has 0 bridgehead atoms. The molecule has 6 heteroatoms. The lowest BCUT2D eigenvalue weighted by Gasteiger charge is -2.36. The largest absolute Gasteiger partial charge is 0.369 e. The molecule has 1 aliphatic rings. The lowest BCUT2D eigenvalue weighted by molar-refractivity contribution is 0.102. The van der Waals surface area contributed by atoms with Crippen LogP contribution in [0.2, 0.25) is 5.02 Å². The SMILES string of the molecule is CCCCN1CCN(c2ccc(NC(=O)c3ccccc3Nc3cccc(Cl)c3C)cc2)CC1. The van der Waals surface area contributed by atoms with Crippen molar-refractivity contribution in [3.8, 4) is 0 Å². The van der Waals surface area contributed by atoms with Gasteiger partial charge in [0.25, 0.3) is 5.91 Å². The number of nitrogens with one attached hydrogen (secondary N) is 2. The van der Waals surface area contributed by atoms with Crippen LogP contribution in [0.15, 0.2) is 66.7 Å². The van der Waals surface area contributed by atoms with Crippen molar-refractivity contribution in [1.82, 2.24) is 4.90 Å². The highest BCUT2D eigenvalue weighted by atomic mass is 35.5. The molecule has 0 radical (unpaired) electrons. The molecule has 2 N–H and O–H groups in total. The number of halogens is 1. The van der Waals surface area contributed by atoms with Gasteiger partial charge in [-0.15, -0.1) is 0 Å². The monoisotopic (exact) mass is 476 g/mol. The first-order valence-corrected chi connectivity index (χ1v) is 12.4. The first-order valence-electron chi connectivity index (χ1n) is 12.0. The number of carbonyl (C=O) groups excluding carboxylic acids is 1. The molecule has 1 aliphatic heterocycles. The van der Waals surface area contributed by atoms with E-state index in [0.717, 1.165) is 48.8 Å². The smallest absolute Gasteiger partial charge is 0.257 e. The van der Waals surface area contributed by atoms with E-state index in [9.17, 15) is 4.79 Å². The predicted molar refractivity (Wildman–Crippen MR) is 144 cm³/mol. The summed E-state index contributed by atoms with van der Waals surface area (Å²) in [4.78, 5) is 18.1. The van der Waals surface area contributed by atoms with Crippen LogP contribution in [0.4, 0.5) is 22.7 Å². The standard InChI is InChI=1S/C28H33ClN4O/c1-3-4-16-32-17-19-33(20-18-32)23-14-12-22(13-15-23)30-28(34)24-8-5-6-10-27(24)31-26-11-7-9-25(29)21(26)2/h5-15,31H,3-4,16-20H2,1-2H3,(H,30,34). The van der Waals surface area contributed by atoms with Gasteiger partial charge in [0, 0.05) is 48.3 Å². The van der Waals surface area contributed by atoms with Crippen molar-refractivity contribution in [2.24, 2.45) is 0 Å². The van der Waals surface area contributed by atoms with E-state index in [1.807, 2.05) is 61.5 Å². The average molecular weight is 477 g/mol. The molecule has 5 nitrogen and oxygen atoms in total. The lowest BCUT2D eigenvalue weighted by Crippen LogP contribution is -2.46. The van der Waals surface area contributed by atoms with Crippen molar-refractivity contribution < 1.29 is 4.79 Å². The van der Waals surface area contributed by atoms with Gasteiger partial charge in [0.05, 0.1) is 11.3 Å². The average Bonchev–Trinajstić information content (AvgIpc) is 2.86. The highest BCUT2D eigenvalue weighted by Gasteiger charge is 2.17. The first-order chi connectivity index (χ1) is 16.5. The zero-order valence-electron chi connectivity index (χ0n) is 20.0. The Labute approximate surface area is 207 Å². The van der Waals surface area contributed by atoms with E-state index in [1.54, 1.807) is 0 Å². The Morgan fingerprint density at radius 1 is 0.912 bits per heavy atom. The number of carbonyl (C=O) groups is 1. The summed E-state index contributed by atoms with van der Waals surface area (Å²) in [6, 6.07) is 21.4. The Balaban J connectivity index is 1.39. The predicted octanol–water partition coefficient (Wildman–Crippen LogP) is 6.57. The molecule has 4 rings (SSSR count). The van der Waals surface area contributed by atoms with Crippen LogP contribution in [-0.2, 0) is 0 Å². The molecule has 1 amide bonds. The summed E-state index contributed by atoms with van der Waals surface area (Å²) in [5.41, 5.74) is 5.13. The summed E-state index contributed by atoms with van der Waals surface area (Å²) in [5.74, 6) is -0.153. The Bertz CT molecular complexity index is 1110. The molecule has 3 aromatic carbocycles. The quantitative estimate of drug-likeness (QED) is 0.386. The maximum Gasteiger partial charge on any atom is 0.257 e. The van der Waals surface area contributed by atoms with E-state index < -0.39 is 0 Å². The van der Waals surface area contributed by atoms with Crippen LogP contribution in [0, 0.1) is 6.92 Å². The number of piperazine rings is 1. The second-order valence-electron chi connectivity index (χ2n) is 8.77. The molecule has 3 aromatic rings. The number of hydrogen-bond donors (Lipinski definition) is 2. The Morgan fingerprint density at radius 3 is 2.35 bits per heavy atom. The zero-order valence-corrected chi connectivity index (χ0v) is 20.7. The van der Waals surface area contributed by atoms with E-state index in [-0.39, 0.29) is 5.91 Å². The van der Waals surface area contributed by atoms with Crippen molar-refractivity contribution in [2.75, 3.05) is 48.3 Å². The third-order valence-corrected chi connectivity index (χ3v) is 6.81. The molecular weight excluding hydrogens is 444 g/mol. The maximum atomic E-state index is 13.1. The number of hydrogen-bond acceptors (Lipinski definition) is 4. The van der Waals surface area contributed by atoms with Gasteiger partial charge < -0.3 is 15.5 Å². The van der Waals surface area contributed by atoms with E-state index in [0.29, 0.717) is 10.6 Å². The molecule has 34 heavy (non-hydrogen) atoms. The topological polar surface area (TPSA) is 47.6 Å². The van der Waals surface area contributed by atoms with Gasteiger partial charge >= 0.3 is 0 Å². The summed E-state index contributed by atoms with van der Waals surface area (Å²) in [5, 5.41) is 7.09. The summed E-state index contributed by atoms with van der Waals surface area (Å²) in [7, 11) is 0. The molecule has 1 saturated heterocycles. The first kappa shape index (κ1) is 24.1. The fourth-order valence-corrected chi connectivity index (χ4v) is 4.42. The third-order valence-electron chi connectivity index (χ3n) is 6.40. The van der Waals surface area contributed by atoms with Gasteiger partial charge in [0.1, 0.15) is 0 Å². The van der Waals surface area contributed by atoms with Gasteiger partial charge in [0.15, 0.2) is 0 Å². The van der Waals surface area contributed by atoms with E-state index in [4.69, 9.17) is 11.6 Å². The summed E-state index contributed by atoms with van der Waals surface area (Å²) >= 11 is 6.26. The second kappa shape index (κ2) is 11.4. The minimum atomic E-state index is -0.153. The van der Waals surface area contributed by atoms with Crippen LogP contribution in [-0.4, -0.2) is 43.5 Å². The summed E-state index contributed by atoms with van der Waals surface area (Å²) in [6.45, 7) is 9.69. The Hall–Kier alpha value is -3.02. The maximum absolute atomic E-state index is 13.1. The van der Waals surface area contributed by atoms with Gasteiger partial charge in [-0.05, 0) is 74.0 Å². The highest BCUT2D eigenvalue weighted by Crippen LogP contribution is 2.28. The number of unbranched alkanes of at least 4 members (excludes halogenated alkanes) is 1. The summed E-state index contributed by atoms with van der Waals surface area (Å²) in [6.07, 6.45) is 2.51. The lowest BCUT2D eigenvalue weighted by atomic mass is 10.1. The fourth-order valence-electron chi connectivity index (χ4n) is 4.24. The molecule has 1 heterocycles. The highest BCUT2D eigenvalue weighted by molar-refractivity contribution is 6.31. The van der Waals surface area contributed by atoms with Crippen LogP contribution < -0.4 is 15.5 Å². The minimum Gasteiger partial charge on any atom is -0.369 e. The minimum absolute atomic E-state index is 0.153. The number of para-hydroxylation sites is 1. The van der Waals surface area contributed by atoms with Crippen molar-refractivity contribution >= 4 is 40.3 Å². The van der Waals surface area contributed by atoms with Gasteiger partial charge in [0.2, 0.25) is 0 Å². The van der Waals surface area contributed by atoms with Crippen LogP contribution in [0.3, 0.4) is 0 Å². The Kier molecular flexibility index (Phi) is 8.09. The number of anilines is 4. The molecule has 0 atom stereocenters. The molecule has 0 saturated carbocycles. The van der Waals surface area contributed by atoms with Gasteiger partial charge in [-0.25, -0.2) is 0 Å². The number of benzene rings is 3. The fraction of sp³-hybridized carbons (Fsp3) is 0.321. The Morgan fingerprint density at radius 2 is 1.62 bits per heavy atom. The molecule has 1 fully saturated rings. The van der Waals surface area contributed by atoms with Crippen molar-refractivity contribution in [3.63, 3.8) is 0 Å². The molecular formula is C28H33ClN4O. The van der Waals surface area contributed by atoms with E-state index >= 15 is 0 Å². The van der Waals surface area contributed by atoms with E-state index in [1.165, 1.54) is 25.1 Å². The van der Waals surface area contributed by atoms with Crippen LogP contribution >= 0.6 is 11.6 Å². The normalized spacial score (nSPS) is 14.1. The number of rotatable bonds is 8. The number of nitrogens with zero attached hydrogens (tertiary/aromatic N) is 2. The van der Waals surface area contributed by atoms with Gasteiger partial charge in [-0.1, -0.05) is 43.1 Å². The van der Waals surface area contributed by atoms with Crippen molar-refractivity contribution in [2.45, 2.75) is 26.7 Å². The van der Waals surface area contributed by atoms with E-state index in [2.05, 4.69) is 39.5 Å². The van der Waals surface area contributed by atoms with Crippen LogP contribution in [0.25, 0.3) is 0 Å². The van der Waals surface area contributed by atoms with Gasteiger partial charge in [-0.3, -0.25) is 9.69 Å².